The van der Waals surface area contributed by atoms with Crippen LogP contribution in [0.5, 0.6) is 0 Å². The van der Waals surface area contributed by atoms with E-state index in [1.54, 1.807) is 0 Å². The average molecular weight is 416 g/mol. The van der Waals surface area contributed by atoms with Gasteiger partial charge < -0.3 is 20.3 Å². The Bertz CT molecular complexity index is 715. The molecule has 3 rings (SSSR count). The van der Waals surface area contributed by atoms with E-state index in [0.29, 0.717) is 24.5 Å². The SMILES string of the molecule is CCNC(=NCC(=O)N1CCc2ccccc2C1)NCC(C(C)C)N1CCOCC1. The van der Waals surface area contributed by atoms with Gasteiger partial charge in [-0.1, -0.05) is 38.1 Å². The molecule has 1 aromatic carbocycles. The molecule has 2 heterocycles. The maximum Gasteiger partial charge on any atom is 0.244 e. The van der Waals surface area contributed by atoms with Crippen molar-refractivity contribution in [2.45, 2.75) is 39.8 Å². The zero-order valence-corrected chi connectivity index (χ0v) is 18.7. The fourth-order valence-electron chi connectivity index (χ4n) is 4.19. The van der Waals surface area contributed by atoms with E-state index >= 15 is 0 Å². The van der Waals surface area contributed by atoms with Gasteiger partial charge in [-0.3, -0.25) is 9.69 Å². The summed E-state index contributed by atoms with van der Waals surface area (Å²) in [7, 11) is 0. The normalized spacial score (nSPS) is 18.8. The minimum atomic E-state index is 0.0790. The van der Waals surface area contributed by atoms with Crippen LogP contribution in [0.4, 0.5) is 0 Å². The number of guanidine groups is 1. The Morgan fingerprint density at radius 3 is 2.57 bits per heavy atom. The van der Waals surface area contributed by atoms with Crippen LogP contribution < -0.4 is 10.6 Å². The summed E-state index contributed by atoms with van der Waals surface area (Å²) in [6.45, 7) is 13.3. The van der Waals surface area contributed by atoms with Gasteiger partial charge >= 0.3 is 0 Å². The summed E-state index contributed by atoms with van der Waals surface area (Å²) in [5.41, 5.74) is 2.60. The molecule has 166 valence electrons. The second-order valence-electron chi connectivity index (χ2n) is 8.37. The molecule has 1 amide bonds. The molecule has 2 aliphatic heterocycles. The second kappa shape index (κ2) is 11.3. The topological polar surface area (TPSA) is 69.2 Å². The van der Waals surface area contributed by atoms with Crippen molar-refractivity contribution < 1.29 is 9.53 Å². The smallest absolute Gasteiger partial charge is 0.244 e. The lowest BCUT2D eigenvalue weighted by atomic mass is 10.00. The largest absolute Gasteiger partial charge is 0.379 e. The van der Waals surface area contributed by atoms with E-state index in [9.17, 15) is 4.79 Å². The summed E-state index contributed by atoms with van der Waals surface area (Å²) >= 11 is 0. The van der Waals surface area contributed by atoms with Crippen molar-refractivity contribution in [3.63, 3.8) is 0 Å². The highest BCUT2D eigenvalue weighted by molar-refractivity contribution is 5.85. The lowest BCUT2D eigenvalue weighted by molar-refractivity contribution is -0.130. The van der Waals surface area contributed by atoms with E-state index in [1.165, 1.54) is 11.1 Å². The molecule has 1 fully saturated rings. The number of hydrogen-bond acceptors (Lipinski definition) is 4. The van der Waals surface area contributed by atoms with E-state index in [4.69, 9.17) is 4.74 Å². The Kier molecular flexibility index (Phi) is 8.51. The van der Waals surface area contributed by atoms with Gasteiger partial charge in [0.25, 0.3) is 0 Å². The predicted molar refractivity (Wildman–Crippen MR) is 121 cm³/mol. The molecule has 0 bridgehead atoms. The summed E-state index contributed by atoms with van der Waals surface area (Å²) in [6, 6.07) is 8.78. The van der Waals surface area contributed by atoms with Gasteiger partial charge in [-0.25, -0.2) is 4.99 Å². The average Bonchev–Trinajstić information content (AvgIpc) is 2.77. The van der Waals surface area contributed by atoms with Crippen molar-refractivity contribution in [3.05, 3.63) is 35.4 Å². The van der Waals surface area contributed by atoms with Crippen LogP contribution in [0.15, 0.2) is 29.3 Å². The molecule has 2 aliphatic rings. The number of nitrogens with one attached hydrogen (secondary N) is 2. The number of amides is 1. The number of fused-ring (bicyclic) bond motifs is 1. The monoisotopic (exact) mass is 415 g/mol. The highest BCUT2D eigenvalue weighted by atomic mass is 16.5. The van der Waals surface area contributed by atoms with Gasteiger partial charge in [-0.15, -0.1) is 0 Å². The Balaban J connectivity index is 1.55. The number of hydrogen-bond donors (Lipinski definition) is 2. The zero-order valence-electron chi connectivity index (χ0n) is 18.7. The molecule has 0 spiro atoms. The Hall–Kier alpha value is -2.12. The zero-order chi connectivity index (χ0) is 21.3. The van der Waals surface area contributed by atoms with Crippen molar-refractivity contribution in [1.82, 2.24) is 20.4 Å². The number of rotatable bonds is 7. The number of carbonyl (C=O) groups is 1. The van der Waals surface area contributed by atoms with Crippen molar-refractivity contribution in [3.8, 4) is 0 Å². The van der Waals surface area contributed by atoms with Crippen LogP contribution in [0.2, 0.25) is 0 Å². The van der Waals surface area contributed by atoms with Gasteiger partial charge in [-0.05, 0) is 30.4 Å². The lowest BCUT2D eigenvalue weighted by Gasteiger charge is -2.37. The van der Waals surface area contributed by atoms with E-state index in [2.05, 4.69) is 52.6 Å². The number of benzene rings is 1. The maximum absolute atomic E-state index is 12.8. The van der Waals surface area contributed by atoms with E-state index in [0.717, 1.165) is 52.4 Å². The lowest BCUT2D eigenvalue weighted by Crippen LogP contribution is -2.52. The molecule has 1 atom stereocenters. The van der Waals surface area contributed by atoms with Gasteiger partial charge in [0.05, 0.1) is 13.2 Å². The fraction of sp³-hybridized carbons (Fsp3) is 0.652. The third-order valence-corrected chi connectivity index (χ3v) is 5.96. The summed E-state index contributed by atoms with van der Waals surface area (Å²) in [5.74, 6) is 1.31. The molecule has 1 unspecified atom stereocenters. The van der Waals surface area contributed by atoms with Gasteiger partial charge in [0, 0.05) is 45.3 Å². The Morgan fingerprint density at radius 1 is 1.13 bits per heavy atom. The summed E-state index contributed by atoms with van der Waals surface area (Å²) in [4.78, 5) is 21.7. The van der Waals surface area contributed by atoms with Crippen LogP contribution in [0.1, 0.15) is 31.9 Å². The minimum Gasteiger partial charge on any atom is -0.379 e. The molecule has 7 nitrogen and oxygen atoms in total. The number of nitrogens with zero attached hydrogens (tertiary/aromatic N) is 3. The van der Waals surface area contributed by atoms with Gasteiger partial charge in [0.1, 0.15) is 6.54 Å². The first kappa shape index (κ1) is 22.6. The van der Waals surface area contributed by atoms with Crippen LogP contribution in [0.25, 0.3) is 0 Å². The molecule has 1 saturated heterocycles. The van der Waals surface area contributed by atoms with Crippen molar-refractivity contribution in [2.24, 2.45) is 10.9 Å². The molecular formula is C23H37N5O2. The van der Waals surface area contributed by atoms with E-state index in [1.807, 2.05) is 17.9 Å². The molecule has 2 N–H and O–H groups in total. The number of aliphatic imine (C=N–C) groups is 1. The van der Waals surface area contributed by atoms with Crippen LogP contribution in [-0.2, 0) is 22.5 Å². The second-order valence-corrected chi connectivity index (χ2v) is 8.37. The summed E-state index contributed by atoms with van der Waals surface area (Å²) in [5, 5.41) is 6.74. The van der Waals surface area contributed by atoms with Crippen LogP contribution in [0, 0.1) is 5.92 Å². The predicted octanol–water partition coefficient (Wildman–Crippen LogP) is 1.48. The number of ether oxygens (including phenoxy) is 1. The van der Waals surface area contributed by atoms with Gasteiger partial charge in [0.2, 0.25) is 5.91 Å². The highest BCUT2D eigenvalue weighted by Gasteiger charge is 2.24. The van der Waals surface area contributed by atoms with Gasteiger partial charge in [0.15, 0.2) is 5.96 Å². The molecule has 0 aliphatic carbocycles. The summed E-state index contributed by atoms with van der Waals surface area (Å²) in [6.07, 6.45) is 0.916. The standard InChI is InChI=1S/C23H37N5O2/c1-4-24-23(25-15-21(18(2)3)27-11-13-30-14-12-27)26-16-22(29)28-10-9-19-7-5-6-8-20(19)17-28/h5-8,18,21H,4,9-17H2,1-3H3,(H2,24,25,26). The number of carbonyl (C=O) groups excluding carboxylic acids is 1. The van der Waals surface area contributed by atoms with Crippen LogP contribution in [0.3, 0.4) is 0 Å². The molecule has 1 aromatic rings. The van der Waals surface area contributed by atoms with Crippen molar-refractivity contribution in [2.75, 3.05) is 52.5 Å². The summed E-state index contributed by atoms with van der Waals surface area (Å²) < 4.78 is 5.50. The van der Waals surface area contributed by atoms with E-state index < -0.39 is 0 Å². The minimum absolute atomic E-state index is 0.0790. The molecule has 0 radical (unpaired) electrons. The van der Waals surface area contributed by atoms with Crippen molar-refractivity contribution in [1.29, 1.82) is 0 Å². The van der Waals surface area contributed by atoms with Crippen LogP contribution in [-0.4, -0.2) is 80.2 Å². The molecule has 0 saturated carbocycles. The molecular weight excluding hydrogens is 378 g/mol. The van der Waals surface area contributed by atoms with Crippen LogP contribution >= 0.6 is 0 Å². The first-order chi connectivity index (χ1) is 14.6. The number of morpholine rings is 1. The molecule has 0 aromatic heterocycles. The van der Waals surface area contributed by atoms with Crippen molar-refractivity contribution >= 4 is 11.9 Å². The quantitative estimate of drug-likeness (QED) is 0.522. The molecule has 30 heavy (non-hydrogen) atoms. The third-order valence-electron chi connectivity index (χ3n) is 5.96. The first-order valence-corrected chi connectivity index (χ1v) is 11.3. The Morgan fingerprint density at radius 2 is 1.87 bits per heavy atom. The third kappa shape index (κ3) is 6.19. The first-order valence-electron chi connectivity index (χ1n) is 11.3. The van der Waals surface area contributed by atoms with Gasteiger partial charge in [-0.2, -0.15) is 0 Å². The fourth-order valence-corrected chi connectivity index (χ4v) is 4.19. The molecule has 7 heteroatoms. The highest BCUT2D eigenvalue weighted by Crippen LogP contribution is 2.18. The Labute approximate surface area is 180 Å². The van der Waals surface area contributed by atoms with E-state index in [-0.39, 0.29) is 12.5 Å². The maximum atomic E-state index is 12.8.